The highest BCUT2D eigenvalue weighted by Crippen LogP contribution is 2.29. The summed E-state index contributed by atoms with van der Waals surface area (Å²) in [6.07, 6.45) is 0.963. The van der Waals surface area contributed by atoms with Gasteiger partial charge in [-0.3, -0.25) is 24.1 Å². The minimum atomic E-state index is -0.868. The van der Waals surface area contributed by atoms with E-state index in [0.29, 0.717) is 24.9 Å². The molecule has 0 aromatic heterocycles. The highest BCUT2D eigenvalue weighted by atomic mass is 16.5. The molecule has 10 atom stereocenters. The van der Waals surface area contributed by atoms with Crippen LogP contribution in [0.3, 0.4) is 0 Å². The molecule has 4 amide bonds. The molecule has 1 heterocycles. The van der Waals surface area contributed by atoms with Crippen molar-refractivity contribution in [2.75, 3.05) is 41.9 Å². The summed E-state index contributed by atoms with van der Waals surface area (Å²) in [7, 11) is 8.67. The molecule has 0 spiro atoms. The second-order valence-corrected chi connectivity index (χ2v) is 16.0. The molecule has 3 N–H and O–H groups in total. The summed E-state index contributed by atoms with van der Waals surface area (Å²) in [6.45, 7) is 16.1. The van der Waals surface area contributed by atoms with Crippen molar-refractivity contribution in [3.63, 3.8) is 0 Å². The molecular formula is C41H71N5O7. The Morgan fingerprint density at radius 1 is 0.906 bits per heavy atom. The van der Waals surface area contributed by atoms with Crippen LogP contribution >= 0.6 is 0 Å². The van der Waals surface area contributed by atoms with E-state index in [1.165, 1.54) is 0 Å². The van der Waals surface area contributed by atoms with Gasteiger partial charge in [0.05, 0.1) is 48.8 Å². The molecule has 1 saturated heterocycles. The lowest BCUT2D eigenvalue weighted by Crippen LogP contribution is -2.58. The van der Waals surface area contributed by atoms with E-state index in [1.54, 1.807) is 40.0 Å². The number of amides is 4. The largest absolute Gasteiger partial charge is 0.386 e. The quantitative estimate of drug-likeness (QED) is 0.170. The maximum atomic E-state index is 14.1. The van der Waals surface area contributed by atoms with Crippen LogP contribution in [0.1, 0.15) is 99.2 Å². The van der Waals surface area contributed by atoms with Crippen LogP contribution in [0.4, 0.5) is 0 Å². The summed E-state index contributed by atoms with van der Waals surface area (Å²) >= 11 is 0. The Morgan fingerprint density at radius 3 is 2.04 bits per heavy atom. The summed E-state index contributed by atoms with van der Waals surface area (Å²) in [5.74, 6) is -1.23. The molecule has 1 aromatic carbocycles. The minimum Gasteiger partial charge on any atom is -0.386 e. The first-order valence-corrected chi connectivity index (χ1v) is 19.5. The fraction of sp³-hybridized carbons (Fsp3) is 0.756. The number of rotatable bonds is 21. The van der Waals surface area contributed by atoms with E-state index < -0.39 is 36.3 Å². The zero-order valence-corrected chi connectivity index (χ0v) is 34.8. The van der Waals surface area contributed by atoms with E-state index in [0.717, 1.165) is 12.8 Å². The lowest BCUT2D eigenvalue weighted by atomic mass is 9.90. The van der Waals surface area contributed by atoms with Crippen LogP contribution < -0.4 is 10.6 Å². The third kappa shape index (κ3) is 12.5. The van der Waals surface area contributed by atoms with Crippen LogP contribution in [0.25, 0.3) is 0 Å². The van der Waals surface area contributed by atoms with Gasteiger partial charge in [-0.2, -0.15) is 0 Å². The number of carbonyl (C=O) groups is 4. The van der Waals surface area contributed by atoms with Gasteiger partial charge < -0.3 is 35.0 Å². The number of aliphatic hydroxyl groups excluding tert-OH is 1. The second-order valence-electron chi connectivity index (χ2n) is 16.0. The highest BCUT2D eigenvalue weighted by Gasteiger charge is 2.41. The third-order valence-corrected chi connectivity index (χ3v) is 11.2. The number of carbonyl (C=O) groups excluding carboxylic acids is 4. The van der Waals surface area contributed by atoms with Gasteiger partial charge in [-0.05, 0) is 63.6 Å². The fourth-order valence-electron chi connectivity index (χ4n) is 7.82. The molecular weight excluding hydrogens is 674 g/mol. The summed E-state index contributed by atoms with van der Waals surface area (Å²) in [5.41, 5.74) is 0.717. The van der Waals surface area contributed by atoms with Crippen LogP contribution in [0.15, 0.2) is 30.3 Å². The molecule has 1 aliphatic rings. The monoisotopic (exact) mass is 746 g/mol. The SMILES string of the molecule is CCC(C)C(CC(CC(=O)N1CCCC1C(OC)C(C)C(=O)NC(C)C(O)c1ccccc1)OC)N(C)C(=O)[C@@H](NC(=O)C(C(C)C)N(C)C)C(C)C. The first-order chi connectivity index (χ1) is 24.9. The van der Waals surface area contributed by atoms with E-state index in [1.807, 2.05) is 81.9 Å². The van der Waals surface area contributed by atoms with Gasteiger partial charge in [0.2, 0.25) is 23.6 Å². The Bertz CT molecular complexity index is 1290. The summed E-state index contributed by atoms with van der Waals surface area (Å²) in [5, 5.41) is 16.8. The number of nitrogens with one attached hydrogen (secondary N) is 2. The zero-order chi connectivity index (χ0) is 40.2. The number of benzene rings is 1. The van der Waals surface area contributed by atoms with Gasteiger partial charge in [0.25, 0.3) is 0 Å². The van der Waals surface area contributed by atoms with Gasteiger partial charge in [-0.1, -0.05) is 85.2 Å². The average molecular weight is 746 g/mol. The summed E-state index contributed by atoms with van der Waals surface area (Å²) in [6, 6.07) is 7.06. The van der Waals surface area contributed by atoms with Gasteiger partial charge in [-0.25, -0.2) is 0 Å². The highest BCUT2D eigenvalue weighted by molar-refractivity contribution is 5.90. The first kappa shape index (κ1) is 46.1. The van der Waals surface area contributed by atoms with Crippen molar-refractivity contribution in [3.05, 3.63) is 35.9 Å². The number of methoxy groups -OCH3 is 2. The maximum absolute atomic E-state index is 14.1. The molecule has 9 unspecified atom stereocenters. The molecule has 12 heteroatoms. The first-order valence-electron chi connectivity index (χ1n) is 19.5. The molecule has 0 bridgehead atoms. The van der Waals surface area contributed by atoms with Gasteiger partial charge in [0, 0.05) is 33.9 Å². The molecule has 1 fully saturated rings. The van der Waals surface area contributed by atoms with E-state index in [9.17, 15) is 24.3 Å². The Kier molecular flexibility index (Phi) is 18.9. The molecule has 1 aliphatic heterocycles. The molecule has 302 valence electrons. The molecule has 12 nitrogen and oxygen atoms in total. The van der Waals surface area contributed by atoms with E-state index in [-0.39, 0.29) is 65.9 Å². The van der Waals surface area contributed by atoms with Crippen molar-refractivity contribution in [2.24, 2.45) is 23.7 Å². The standard InChI is InChI=1S/C41H71N5O7/c1-14-27(6)33(45(11)41(51)35(25(2)3)43-40(50)36(26(4)5)44(9)10)23-31(52-12)24-34(47)46-22-18-21-32(46)38(53-13)28(7)39(49)42-29(8)37(48)30-19-16-15-17-20-30/h15-17,19-20,25-29,31-33,35-38,48H,14,18,21-24H2,1-13H3,(H,42,49)(H,43,50)/t27?,28?,29?,31?,32?,33?,35-,36?,37?,38?/m0/s1. The van der Waals surface area contributed by atoms with E-state index in [4.69, 9.17) is 9.47 Å². The van der Waals surface area contributed by atoms with Crippen LogP contribution in [0, 0.1) is 23.7 Å². The van der Waals surface area contributed by atoms with Crippen molar-refractivity contribution in [3.8, 4) is 0 Å². The fourth-order valence-corrected chi connectivity index (χ4v) is 7.82. The predicted octanol–water partition coefficient (Wildman–Crippen LogP) is 4.26. The maximum Gasteiger partial charge on any atom is 0.245 e. The van der Waals surface area contributed by atoms with Crippen LogP contribution in [-0.2, 0) is 28.7 Å². The third-order valence-electron chi connectivity index (χ3n) is 11.2. The van der Waals surface area contributed by atoms with Gasteiger partial charge in [0.15, 0.2) is 0 Å². The van der Waals surface area contributed by atoms with Gasteiger partial charge in [-0.15, -0.1) is 0 Å². The number of likely N-dealkylation sites (N-methyl/N-ethyl adjacent to an activating group) is 2. The Labute approximate surface area is 319 Å². The predicted molar refractivity (Wildman–Crippen MR) is 209 cm³/mol. The summed E-state index contributed by atoms with van der Waals surface area (Å²) in [4.78, 5) is 60.4. The molecule has 2 rings (SSSR count). The Hall–Kier alpha value is -3.06. The van der Waals surface area contributed by atoms with Crippen molar-refractivity contribution in [1.29, 1.82) is 0 Å². The van der Waals surface area contributed by atoms with Gasteiger partial charge in [0.1, 0.15) is 6.04 Å². The second kappa shape index (κ2) is 21.7. The normalized spacial score (nSPS) is 19.9. The van der Waals surface area contributed by atoms with Crippen molar-refractivity contribution in [1.82, 2.24) is 25.3 Å². The molecule has 53 heavy (non-hydrogen) atoms. The van der Waals surface area contributed by atoms with Crippen LogP contribution in [0.5, 0.6) is 0 Å². The van der Waals surface area contributed by atoms with E-state index >= 15 is 0 Å². The van der Waals surface area contributed by atoms with Crippen LogP contribution in [-0.4, -0.2) is 128 Å². The number of nitrogens with zero attached hydrogens (tertiary/aromatic N) is 3. The molecule has 0 aliphatic carbocycles. The van der Waals surface area contributed by atoms with Crippen molar-refractivity contribution >= 4 is 23.6 Å². The molecule has 0 saturated carbocycles. The van der Waals surface area contributed by atoms with Crippen LogP contribution in [0.2, 0.25) is 0 Å². The van der Waals surface area contributed by atoms with Gasteiger partial charge >= 0.3 is 0 Å². The number of ether oxygens (including phenoxy) is 2. The number of aliphatic hydroxyl groups is 1. The Morgan fingerprint density at radius 2 is 1.53 bits per heavy atom. The number of hydrogen-bond donors (Lipinski definition) is 3. The smallest absolute Gasteiger partial charge is 0.245 e. The minimum absolute atomic E-state index is 0.0656. The van der Waals surface area contributed by atoms with E-state index in [2.05, 4.69) is 24.5 Å². The molecule has 1 aromatic rings. The zero-order valence-electron chi connectivity index (χ0n) is 34.8. The Balaban J connectivity index is 2.18. The molecule has 0 radical (unpaired) electrons. The average Bonchev–Trinajstić information content (AvgIpc) is 3.60. The van der Waals surface area contributed by atoms with Crippen molar-refractivity contribution < 1.29 is 33.8 Å². The number of hydrogen-bond acceptors (Lipinski definition) is 8. The number of likely N-dealkylation sites (tertiary alicyclic amines) is 1. The lowest BCUT2D eigenvalue weighted by molar-refractivity contribution is -0.143. The summed E-state index contributed by atoms with van der Waals surface area (Å²) < 4.78 is 11.8. The van der Waals surface area contributed by atoms with Crippen molar-refractivity contribution in [2.45, 2.75) is 136 Å². The topological polar surface area (TPSA) is 141 Å². The lowest BCUT2D eigenvalue weighted by Gasteiger charge is -2.39.